The predicted molar refractivity (Wildman–Crippen MR) is 125 cm³/mol. The van der Waals surface area contributed by atoms with E-state index in [2.05, 4.69) is 10.3 Å². The van der Waals surface area contributed by atoms with Gasteiger partial charge in [-0.3, -0.25) is 4.79 Å². The smallest absolute Gasteiger partial charge is 0.223 e. The van der Waals surface area contributed by atoms with Crippen LogP contribution in [0.3, 0.4) is 0 Å². The van der Waals surface area contributed by atoms with Crippen LogP contribution in [0.1, 0.15) is 43.1 Å². The molecule has 1 atom stereocenters. The number of H-pyrrole nitrogens is 1. The van der Waals surface area contributed by atoms with Crippen molar-refractivity contribution in [3.05, 3.63) is 77.2 Å². The lowest BCUT2D eigenvalue weighted by Crippen LogP contribution is -2.37. The summed E-state index contributed by atoms with van der Waals surface area (Å²) in [6.45, 7) is 0.706. The summed E-state index contributed by atoms with van der Waals surface area (Å²) in [7, 11) is 0. The molecule has 1 saturated carbocycles. The first-order valence-corrected chi connectivity index (χ1v) is 11.4. The Bertz CT molecular complexity index is 996. The third-order valence-corrected chi connectivity index (χ3v) is 6.62. The number of carbonyl (C=O) groups excluding carboxylic acids is 1. The molecular formula is C25H29ClN4O. The van der Waals surface area contributed by atoms with E-state index in [0.29, 0.717) is 23.9 Å². The molecule has 162 valence electrons. The van der Waals surface area contributed by atoms with Gasteiger partial charge in [-0.2, -0.15) is 0 Å². The molecule has 1 aliphatic carbocycles. The zero-order valence-electron chi connectivity index (χ0n) is 17.6. The van der Waals surface area contributed by atoms with Gasteiger partial charge in [0.1, 0.15) is 5.82 Å². The number of rotatable bonds is 7. The maximum Gasteiger partial charge on any atom is 0.223 e. The Hall–Kier alpha value is -2.63. The monoisotopic (exact) mass is 436 g/mol. The Kier molecular flexibility index (Phi) is 7.05. The summed E-state index contributed by atoms with van der Waals surface area (Å²) in [4.78, 5) is 21.2. The highest BCUT2D eigenvalue weighted by atomic mass is 35.5. The quantitative estimate of drug-likeness (QED) is 0.492. The summed E-state index contributed by atoms with van der Waals surface area (Å²) >= 11 is 6.42. The van der Waals surface area contributed by atoms with Crippen molar-refractivity contribution in [2.24, 2.45) is 17.6 Å². The van der Waals surface area contributed by atoms with Crippen molar-refractivity contribution in [2.45, 2.75) is 38.1 Å². The third-order valence-electron chi connectivity index (χ3n) is 6.25. The van der Waals surface area contributed by atoms with Gasteiger partial charge < -0.3 is 16.0 Å². The average molecular weight is 437 g/mol. The van der Waals surface area contributed by atoms with Crippen molar-refractivity contribution >= 4 is 17.5 Å². The molecule has 1 aliphatic rings. The van der Waals surface area contributed by atoms with Crippen LogP contribution in [0.15, 0.2) is 60.8 Å². The Balaban J connectivity index is 1.54. The molecule has 1 amide bonds. The summed E-state index contributed by atoms with van der Waals surface area (Å²) in [5.74, 6) is 1.40. The number of aromatic nitrogens is 2. The fourth-order valence-corrected chi connectivity index (χ4v) is 4.53. The maximum absolute atomic E-state index is 13.1. The maximum atomic E-state index is 13.1. The molecule has 0 radical (unpaired) electrons. The van der Waals surface area contributed by atoms with E-state index in [9.17, 15) is 4.79 Å². The van der Waals surface area contributed by atoms with Gasteiger partial charge in [0.05, 0.1) is 11.7 Å². The molecule has 0 spiro atoms. The standard InChI is InChI=1S/C25H29ClN4O/c26-21-9-5-4-8-20(21)14-22(30-25(31)19-12-10-17(15-27)11-13-19)24-28-16-23(29-24)18-6-2-1-3-7-18/h1-9,16-17,19,22H,10-15,27H2,(H,28,29)(H,30,31)/t17-,19-,22-/m0/s1. The van der Waals surface area contributed by atoms with Crippen LogP contribution in [-0.4, -0.2) is 22.4 Å². The number of nitrogens with two attached hydrogens (primary N) is 1. The van der Waals surface area contributed by atoms with Crippen molar-refractivity contribution in [1.82, 2.24) is 15.3 Å². The second kappa shape index (κ2) is 10.1. The van der Waals surface area contributed by atoms with Gasteiger partial charge in [-0.15, -0.1) is 0 Å². The van der Waals surface area contributed by atoms with Gasteiger partial charge in [0.25, 0.3) is 0 Å². The van der Waals surface area contributed by atoms with E-state index in [1.165, 1.54) is 0 Å². The molecule has 1 heterocycles. The number of amides is 1. The number of aromatic amines is 1. The van der Waals surface area contributed by atoms with Crippen LogP contribution in [-0.2, 0) is 11.2 Å². The topological polar surface area (TPSA) is 83.8 Å². The number of hydrogen-bond donors (Lipinski definition) is 3. The molecule has 31 heavy (non-hydrogen) atoms. The number of halogens is 1. The van der Waals surface area contributed by atoms with Crippen molar-refractivity contribution in [3.63, 3.8) is 0 Å². The Morgan fingerprint density at radius 3 is 2.52 bits per heavy atom. The van der Waals surface area contributed by atoms with Gasteiger partial charge in [0.15, 0.2) is 0 Å². The minimum absolute atomic E-state index is 0.0279. The summed E-state index contributed by atoms with van der Waals surface area (Å²) in [5, 5.41) is 3.95. The van der Waals surface area contributed by atoms with Crippen LogP contribution in [0.4, 0.5) is 0 Å². The number of nitrogens with one attached hydrogen (secondary N) is 2. The SMILES string of the molecule is NC[C@H]1CC[C@H](C(=O)N[C@@H](Cc2ccccc2Cl)c2nc(-c3ccccc3)c[nH]2)CC1. The van der Waals surface area contributed by atoms with E-state index in [1.807, 2.05) is 60.8 Å². The van der Waals surface area contributed by atoms with Crippen LogP contribution in [0, 0.1) is 11.8 Å². The van der Waals surface area contributed by atoms with Crippen molar-refractivity contribution in [1.29, 1.82) is 0 Å². The minimum Gasteiger partial charge on any atom is -0.346 e. The highest BCUT2D eigenvalue weighted by Crippen LogP contribution is 2.30. The fourth-order valence-electron chi connectivity index (χ4n) is 4.32. The van der Waals surface area contributed by atoms with E-state index in [-0.39, 0.29) is 17.9 Å². The zero-order valence-corrected chi connectivity index (χ0v) is 18.3. The summed E-state index contributed by atoms with van der Waals surface area (Å²) in [6.07, 6.45) is 6.28. The average Bonchev–Trinajstić information content (AvgIpc) is 3.31. The Morgan fingerprint density at radius 2 is 1.81 bits per heavy atom. The largest absolute Gasteiger partial charge is 0.346 e. The van der Waals surface area contributed by atoms with Gasteiger partial charge in [-0.1, -0.05) is 60.1 Å². The lowest BCUT2D eigenvalue weighted by molar-refractivity contribution is -0.127. The van der Waals surface area contributed by atoms with E-state index in [0.717, 1.165) is 48.3 Å². The van der Waals surface area contributed by atoms with Gasteiger partial charge >= 0.3 is 0 Å². The first-order chi connectivity index (χ1) is 15.1. The van der Waals surface area contributed by atoms with E-state index >= 15 is 0 Å². The molecule has 5 nitrogen and oxygen atoms in total. The van der Waals surface area contributed by atoms with Gasteiger partial charge in [-0.05, 0) is 49.8 Å². The predicted octanol–water partition coefficient (Wildman–Crippen LogP) is 4.90. The van der Waals surface area contributed by atoms with E-state index in [4.69, 9.17) is 22.3 Å². The molecule has 3 aromatic rings. The minimum atomic E-state index is -0.280. The van der Waals surface area contributed by atoms with Crippen LogP contribution < -0.4 is 11.1 Å². The third kappa shape index (κ3) is 5.35. The highest BCUT2D eigenvalue weighted by molar-refractivity contribution is 6.31. The van der Waals surface area contributed by atoms with Crippen LogP contribution in [0.5, 0.6) is 0 Å². The number of nitrogens with zero attached hydrogens (tertiary/aromatic N) is 1. The van der Waals surface area contributed by atoms with Crippen LogP contribution in [0.25, 0.3) is 11.3 Å². The zero-order chi connectivity index (χ0) is 21.6. The van der Waals surface area contributed by atoms with Gasteiger partial charge in [0.2, 0.25) is 5.91 Å². The van der Waals surface area contributed by atoms with Crippen molar-refractivity contribution < 1.29 is 4.79 Å². The van der Waals surface area contributed by atoms with E-state index in [1.54, 1.807) is 0 Å². The number of benzene rings is 2. The molecule has 0 saturated heterocycles. The molecule has 1 aromatic heterocycles. The van der Waals surface area contributed by atoms with Crippen LogP contribution >= 0.6 is 11.6 Å². The Morgan fingerprint density at radius 1 is 1.10 bits per heavy atom. The molecule has 0 unspecified atom stereocenters. The summed E-state index contributed by atoms with van der Waals surface area (Å²) < 4.78 is 0. The number of carbonyl (C=O) groups is 1. The lowest BCUT2D eigenvalue weighted by Gasteiger charge is -2.28. The molecule has 2 aromatic carbocycles. The Labute approximate surface area is 188 Å². The van der Waals surface area contributed by atoms with Crippen LogP contribution in [0.2, 0.25) is 5.02 Å². The first kappa shape index (κ1) is 21.6. The summed E-state index contributed by atoms with van der Waals surface area (Å²) in [5.41, 5.74) is 8.69. The van der Waals surface area contributed by atoms with Crippen molar-refractivity contribution in [2.75, 3.05) is 6.54 Å². The highest BCUT2D eigenvalue weighted by Gasteiger charge is 2.28. The molecule has 4 rings (SSSR count). The summed E-state index contributed by atoms with van der Waals surface area (Å²) in [6, 6.07) is 17.5. The fraction of sp³-hybridized carbons (Fsp3) is 0.360. The normalized spacial score (nSPS) is 19.7. The second-order valence-electron chi connectivity index (χ2n) is 8.35. The van der Waals surface area contributed by atoms with Gasteiger partial charge in [-0.25, -0.2) is 4.98 Å². The number of hydrogen-bond acceptors (Lipinski definition) is 3. The first-order valence-electron chi connectivity index (χ1n) is 11.0. The molecule has 6 heteroatoms. The molecular weight excluding hydrogens is 408 g/mol. The molecule has 0 aliphatic heterocycles. The van der Waals surface area contributed by atoms with E-state index < -0.39 is 0 Å². The molecule has 4 N–H and O–H groups in total. The van der Waals surface area contributed by atoms with Gasteiger partial charge in [0, 0.05) is 29.1 Å². The lowest BCUT2D eigenvalue weighted by atomic mass is 9.81. The second-order valence-corrected chi connectivity index (χ2v) is 8.75. The molecule has 0 bridgehead atoms. The number of imidazole rings is 1. The molecule has 1 fully saturated rings. The van der Waals surface area contributed by atoms with Crippen molar-refractivity contribution in [3.8, 4) is 11.3 Å².